The van der Waals surface area contributed by atoms with Crippen molar-refractivity contribution in [3.63, 3.8) is 0 Å². The molecule has 6 nitrogen and oxygen atoms in total. The summed E-state index contributed by atoms with van der Waals surface area (Å²) in [7, 11) is -7.89. The summed E-state index contributed by atoms with van der Waals surface area (Å²) < 4.78 is 48.3. The molecule has 0 amide bonds. The maximum atomic E-state index is 12.0. The lowest BCUT2D eigenvalue weighted by molar-refractivity contribution is 0.260. The Kier molecular flexibility index (Phi) is 7.71. The van der Waals surface area contributed by atoms with Crippen molar-refractivity contribution in [3.8, 4) is 0 Å². The largest absolute Gasteiger partial charge is 0.295 e. The van der Waals surface area contributed by atoms with Crippen LogP contribution in [0.5, 0.6) is 0 Å². The smallest absolute Gasteiger partial charge is 0.245 e. The number of hydrogen-bond acceptors (Lipinski definition) is 5. The van der Waals surface area contributed by atoms with E-state index in [9.17, 15) is 16.8 Å². The molecule has 3 rings (SSSR count). The summed E-state index contributed by atoms with van der Waals surface area (Å²) in [6.07, 6.45) is 2.51. The first kappa shape index (κ1) is 24.0. The van der Waals surface area contributed by atoms with Crippen molar-refractivity contribution in [3.05, 3.63) is 102 Å². The predicted octanol–water partition coefficient (Wildman–Crippen LogP) is 3.66. The van der Waals surface area contributed by atoms with Crippen LogP contribution in [0.1, 0.15) is 16.7 Å². The molecular formula is C24H28N2O4S2. The van der Waals surface area contributed by atoms with Crippen LogP contribution < -0.4 is 3.71 Å². The highest BCUT2D eigenvalue weighted by atomic mass is 32.3. The number of sulfonamides is 2. The van der Waals surface area contributed by atoms with E-state index in [1.54, 1.807) is 12.1 Å². The van der Waals surface area contributed by atoms with E-state index >= 15 is 0 Å². The third kappa shape index (κ3) is 6.91. The highest BCUT2D eigenvalue weighted by molar-refractivity contribution is 8.09. The van der Waals surface area contributed by atoms with Gasteiger partial charge in [-0.15, -0.1) is 0 Å². The maximum absolute atomic E-state index is 12.0. The van der Waals surface area contributed by atoms with Gasteiger partial charge < -0.3 is 0 Å². The first-order valence-corrected chi connectivity index (χ1v) is 13.9. The quantitative estimate of drug-likeness (QED) is 0.450. The Balaban J connectivity index is 1.73. The summed E-state index contributed by atoms with van der Waals surface area (Å²) >= 11 is 0. The molecule has 0 unspecified atom stereocenters. The van der Waals surface area contributed by atoms with Crippen LogP contribution in [0.25, 0.3) is 0 Å². The van der Waals surface area contributed by atoms with E-state index in [0.717, 1.165) is 44.1 Å². The molecule has 8 heteroatoms. The van der Waals surface area contributed by atoms with E-state index < -0.39 is 20.0 Å². The molecule has 170 valence electrons. The molecule has 0 N–H and O–H groups in total. The molecule has 32 heavy (non-hydrogen) atoms. The van der Waals surface area contributed by atoms with E-state index in [0.29, 0.717) is 3.71 Å². The Morgan fingerprint density at radius 2 is 1.03 bits per heavy atom. The maximum Gasteiger partial charge on any atom is 0.245 e. The van der Waals surface area contributed by atoms with Gasteiger partial charge >= 0.3 is 0 Å². The second-order valence-corrected chi connectivity index (χ2v) is 11.7. The van der Waals surface area contributed by atoms with Gasteiger partial charge in [-0.2, -0.15) is 3.71 Å². The lowest BCUT2D eigenvalue weighted by atomic mass is 10.1. The van der Waals surface area contributed by atoms with Gasteiger partial charge in [-0.3, -0.25) is 4.90 Å². The highest BCUT2D eigenvalue weighted by Crippen LogP contribution is 2.22. The third-order valence-electron chi connectivity index (χ3n) is 4.96. The molecule has 3 aromatic rings. The minimum Gasteiger partial charge on any atom is -0.295 e. The van der Waals surface area contributed by atoms with Gasteiger partial charge in [0.25, 0.3) is 0 Å². The van der Waals surface area contributed by atoms with Crippen LogP contribution in [0.4, 0.5) is 5.69 Å². The zero-order valence-electron chi connectivity index (χ0n) is 18.3. The van der Waals surface area contributed by atoms with Gasteiger partial charge in [-0.05, 0) is 35.2 Å². The van der Waals surface area contributed by atoms with E-state index in [1.165, 1.54) is 23.3 Å². The number of rotatable bonds is 10. The van der Waals surface area contributed by atoms with E-state index in [-0.39, 0.29) is 5.69 Å². The number of anilines is 1. The van der Waals surface area contributed by atoms with Crippen LogP contribution in [-0.4, -0.2) is 40.8 Å². The second kappa shape index (κ2) is 10.3. The Morgan fingerprint density at radius 1 is 0.594 bits per heavy atom. The van der Waals surface area contributed by atoms with Gasteiger partial charge in [0, 0.05) is 19.6 Å². The van der Waals surface area contributed by atoms with Crippen LogP contribution in [0.2, 0.25) is 0 Å². The lowest BCUT2D eigenvalue weighted by Crippen LogP contribution is -2.35. The molecule has 0 saturated heterocycles. The van der Waals surface area contributed by atoms with Crippen molar-refractivity contribution >= 4 is 25.7 Å². The van der Waals surface area contributed by atoms with Gasteiger partial charge in [-0.1, -0.05) is 72.8 Å². The number of benzene rings is 3. The van der Waals surface area contributed by atoms with E-state index in [4.69, 9.17) is 0 Å². The molecule has 0 saturated carbocycles. The van der Waals surface area contributed by atoms with Gasteiger partial charge in [0.05, 0.1) is 18.2 Å². The highest BCUT2D eigenvalue weighted by Gasteiger charge is 2.27. The normalized spacial score (nSPS) is 12.1. The summed E-state index contributed by atoms with van der Waals surface area (Å²) in [5.41, 5.74) is 3.58. The van der Waals surface area contributed by atoms with Gasteiger partial charge in [-0.25, -0.2) is 16.8 Å². The molecule has 0 radical (unpaired) electrons. The molecule has 0 heterocycles. The van der Waals surface area contributed by atoms with E-state index in [2.05, 4.69) is 29.2 Å². The summed E-state index contributed by atoms with van der Waals surface area (Å²) in [5.74, 6) is 0. The SMILES string of the molecule is CS(=O)(=O)N(c1ccc(CCN(Cc2ccccc2)Cc2ccccc2)cc1)S(C)(=O)=O. The van der Waals surface area contributed by atoms with Crippen LogP contribution in [0, 0.1) is 0 Å². The summed E-state index contributed by atoms with van der Waals surface area (Å²) in [5, 5.41) is 0. The minimum absolute atomic E-state index is 0.115. The molecule has 3 aromatic carbocycles. The van der Waals surface area contributed by atoms with Crippen molar-refractivity contribution < 1.29 is 16.8 Å². The summed E-state index contributed by atoms with van der Waals surface area (Å²) in [6, 6.07) is 27.2. The Labute approximate surface area is 191 Å². The molecule has 0 atom stereocenters. The van der Waals surface area contributed by atoms with Crippen LogP contribution in [-0.2, 0) is 39.6 Å². The average Bonchev–Trinajstić information content (AvgIpc) is 2.72. The Bertz CT molecular complexity index is 1140. The molecule has 0 aromatic heterocycles. The van der Waals surface area contributed by atoms with Gasteiger partial charge in [0.1, 0.15) is 0 Å². The monoisotopic (exact) mass is 472 g/mol. The first-order valence-electron chi connectivity index (χ1n) is 10.2. The lowest BCUT2D eigenvalue weighted by Gasteiger charge is -2.23. The van der Waals surface area contributed by atoms with Crippen molar-refractivity contribution in [2.45, 2.75) is 19.5 Å². The van der Waals surface area contributed by atoms with Gasteiger partial charge in [0.15, 0.2) is 0 Å². The van der Waals surface area contributed by atoms with Crippen molar-refractivity contribution in [1.82, 2.24) is 4.90 Å². The molecule has 0 fully saturated rings. The van der Waals surface area contributed by atoms with Crippen molar-refractivity contribution in [2.24, 2.45) is 0 Å². The second-order valence-electron chi connectivity index (χ2n) is 7.82. The average molecular weight is 473 g/mol. The summed E-state index contributed by atoms with van der Waals surface area (Å²) in [6.45, 7) is 2.42. The number of hydrogen-bond donors (Lipinski definition) is 0. The Morgan fingerprint density at radius 3 is 1.44 bits per heavy atom. The molecule has 0 aliphatic carbocycles. The standard InChI is InChI=1S/C24H28N2O4S2/c1-31(27,28)26(32(2,29)30)24-15-13-21(14-16-24)17-18-25(19-22-9-5-3-6-10-22)20-23-11-7-4-8-12-23/h3-16H,17-20H2,1-2H3. The fraction of sp³-hybridized carbons (Fsp3) is 0.250. The van der Waals surface area contributed by atoms with Crippen LogP contribution in [0.3, 0.4) is 0 Å². The predicted molar refractivity (Wildman–Crippen MR) is 129 cm³/mol. The summed E-state index contributed by atoms with van der Waals surface area (Å²) in [4.78, 5) is 2.36. The molecule has 0 spiro atoms. The van der Waals surface area contributed by atoms with Gasteiger partial charge in [0.2, 0.25) is 20.0 Å². The molecule has 0 aliphatic heterocycles. The zero-order chi connectivity index (χ0) is 23.2. The molecule has 0 bridgehead atoms. The Hall–Kier alpha value is -2.68. The first-order chi connectivity index (χ1) is 15.1. The topological polar surface area (TPSA) is 74.8 Å². The van der Waals surface area contributed by atoms with E-state index in [1.807, 2.05) is 36.4 Å². The third-order valence-corrected chi connectivity index (χ3v) is 8.22. The van der Waals surface area contributed by atoms with Crippen LogP contribution in [0.15, 0.2) is 84.9 Å². The molecule has 0 aliphatic rings. The fourth-order valence-corrected chi connectivity index (χ4v) is 6.57. The molecular weight excluding hydrogens is 444 g/mol. The number of nitrogens with zero attached hydrogens (tertiary/aromatic N) is 2. The zero-order valence-corrected chi connectivity index (χ0v) is 19.9. The van der Waals surface area contributed by atoms with Crippen LogP contribution >= 0.6 is 0 Å². The van der Waals surface area contributed by atoms with Crippen molar-refractivity contribution in [2.75, 3.05) is 22.8 Å². The fourth-order valence-electron chi connectivity index (χ4n) is 3.60. The van der Waals surface area contributed by atoms with Crippen molar-refractivity contribution in [1.29, 1.82) is 0 Å². The minimum atomic E-state index is -3.95.